The third-order valence-electron chi connectivity index (χ3n) is 4.47. The van der Waals surface area contributed by atoms with Gasteiger partial charge in [0.15, 0.2) is 0 Å². The average Bonchev–Trinajstić information content (AvgIpc) is 2.68. The highest BCUT2D eigenvalue weighted by atomic mass is 79.9. The zero-order chi connectivity index (χ0) is 19.0. The SMILES string of the molecule is Cc1ccc(C(=O)c2c(-c3ccccc3)c3cc(Br)ccc3oc2=O)cc1. The van der Waals surface area contributed by atoms with Gasteiger partial charge in [0.2, 0.25) is 5.78 Å². The fourth-order valence-electron chi connectivity index (χ4n) is 3.13. The Balaban J connectivity index is 2.08. The Morgan fingerprint density at radius 2 is 1.63 bits per heavy atom. The summed E-state index contributed by atoms with van der Waals surface area (Å²) < 4.78 is 6.32. The van der Waals surface area contributed by atoms with Gasteiger partial charge in [0, 0.05) is 21.0 Å². The lowest BCUT2D eigenvalue weighted by Gasteiger charge is -2.12. The smallest absolute Gasteiger partial charge is 0.348 e. The van der Waals surface area contributed by atoms with E-state index in [0.717, 1.165) is 15.6 Å². The minimum absolute atomic E-state index is 0.0515. The van der Waals surface area contributed by atoms with Crippen molar-refractivity contribution in [1.29, 1.82) is 0 Å². The van der Waals surface area contributed by atoms with E-state index in [2.05, 4.69) is 15.9 Å². The molecule has 4 heteroatoms. The number of halogens is 1. The van der Waals surface area contributed by atoms with Crippen LogP contribution >= 0.6 is 15.9 Å². The van der Waals surface area contributed by atoms with Gasteiger partial charge in [0.1, 0.15) is 11.1 Å². The Labute approximate surface area is 164 Å². The Morgan fingerprint density at radius 1 is 0.926 bits per heavy atom. The predicted octanol–water partition coefficient (Wildman–Crippen LogP) is 5.76. The summed E-state index contributed by atoms with van der Waals surface area (Å²) in [5.74, 6) is -0.343. The molecule has 0 aliphatic rings. The zero-order valence-electron chi connectivity index (χ0n) is 14.5. The predicted molar refractivity (Wildman–Crippen MR) is 110 cm³/mol. The van der Waals surface area contributed by atoms with Crippen molar-refractivity contribution in [2.75, 3.05) is 0 Å². The van der Waals surface area contributed by atoms with Crippen LogP contribution in [0.15, 0.2) is 86.5 Å². The van der Waals surface area contributed by atoms with Crippen LogP contribution in [0.2, 0.25) is 0 Å². The molecule has 1 heterocycles. The van der Waals surface area contributed by atoms with Crippen molar-refractivity contribution in [3.8, 4) is 11.1 Å². The normalized spacial score (nSPS) is 10.9. The summed E-state index contributed by atoms with van der Waals surface area (Å²) in [6.07, 6.45) is 0. The molecule has 0 unspecified atom stereocenters. The van der Waals surface area contributed by atoms with Crippen LogP contribution in [0.1, 0.15) is 21.5 Å². The molecule has 0 radical (unpaired) electrons. The standard InChI is InChI=1S/C23H15BrO3/c1-14-7-9-16(10-8-14)22(25)21-20(15-5-3-2-4-6-15)18-13-17(24)11-12-19(18)27-23(21)26/h2-13H,1H3. The third kappa shape index (κ3) is 3.24. The Kier molecular flexibility index (Phi) is 4.50. The van der Waals surface area contributed by atoms with Gasteiger partial charge in [-0.2, -0.15) is 0 Å². The van der Waals surface area contributed by atoms with E-state index in [-0.39, 0.29) is 11.3 Å². The summed E-state index contributed by atoms with van der Waals surface area (Å²) in [4.78, 5) is 26.0. The summed E-state index contributed by atoms with van der Waals surface area (Å²) in [5.41, 5.74) is 2.76. The van der Waals surface area contributed by atoms with Crippen LogP contribution in [0, 0.1) is 6.92 Å². The first-order chi connectivity index (χ1) is 13.0. The lowest BCUT2D eigenvalue weighted by molar-refractivity contribution is 0.103. The van der Waals surface area contributed by atoms with Crippen molar-refractivity contribution in [3.63, 3.8) is 0 Å². The van der Waals surface area contributed by atoms with Gasteiger partial charge in [-0.25, -0.2) is 4.79 Å². The molecule has 0 spiro atoms. The van der Waals surface area contributed by atoms with E-state index in [0.29, 0.717) is 22.1 Å². The number of carbonyl (C=O) groups is 1. The van der Waals surface area contributed by atoms with Crippen LogP contribution in [0.3, 0.4) is 0 Å². The highest BCUT2D eigenvalue weighted by Crippen LogP contribution is 2.33. The van der Waals surface area contributed by atoms with E-state index in [4.69, 9.17) is 4.42 Å². The van der Waals surface area contributed by atoms with E-state index in [1.165, 1.54) is 0 Å². The van der Waals surface area contributed by atoms with Crippen LogP contribution in [0.4, 0.5) is 0 Å². The van der Waals surface area contributed by atoms with E-state index in [9.17, 15) is 9.59 Å². The van der Waals surface area contributed by atoms with Crippen molar-refractivity contribution in [1.82, 2.24) is 0 Å². The molecule has 0 amide bonds. The molecule has 1 aromatic heterocycles. The second-order valence-electron chi connectivity index (χ2n) is 6.34. The van der Waals surface area contributed by atoms with Crippen LogP contribution in [-0.2, 0) is 0 Å². The summed E-state index contributed by atoms with van der Waals surface area (Å²) >= 11 is 3.47. The first-order valence-corrected chi connectivity index (χ1v) is 9.27. The molecule has 3 aromatic carbocycles. The van der Waals surface area contributed by atoms with E-state index >= 15 is 0 Å². The highest BCUT2D eigenvalue weighted by molar-refractivity contribution is 9.10. The molecule has 27 heavy (non-hydrogen) atoms. The number of carbonyl (C=O) groups excluding carboxylic acids is 1. The quantitative estimate of drug-likeness (QED) is 0.313. The summed E-state index contributed by atoms with van der Waals surface area (Å²) in [5, 5.41) is 0.714. The molecule has 0 saturated heterocycles. The van der Waals surface area contributed by atoms with Crippen molar-refractivity contribution in [2.24, 2.45) is 0 Å². The maximum absolute atomic E-state index is 13.2. The summed E-state index contributed by atoms with van der Waals surface area (Å²) in [6.45, 7) is 1.95. The van der Waals surface area contributed by atoms with E-state index in [1.807, 2.05) is 61.5 Å². The van der Waals surface area contributed by atoms with E-state index < -0.39 is 5.63 Å². The number of aryl methyl sites for hydroxylation is 1. The topological polar surface area (TPSA) is 47.3 Å². The van der Waals surface area contributed by atoms with Crippen LogP contribution < -0.4 is 5.63 Å². The monoisotopic (exact) mass is 418 g/mol. The number of hydrogen-bond acceptors (Lipinski definition) is 3. The lowest BCUT2D eigenvalue weighted by atomic mass is 9.92. The molecule has 0 N–H and O–H groups in total. The minimum Gasteiger partial charge on any atom is -0.422 e. The van der Waals surface area contributed by atoms with Gasteiger partial charge in [-0.1, -0.05) is 76.1 Å². The van der Waals surface area contributed by atoms with Gasteiger partial charge in [0.25, 0.3) is 0 Å². The van der Waals surface area contributed by atoms with Gasteiger partial charge in [0.05, 0.1) is 0 Å². The minimum atomic E-state index is -0.630. The number of fused-ring (bicyclic) bond motifs is 1. The Hall–Kier alpha value is -2.98. The molecule has 4 aromatic rings. The van der Waals surface area contributed by atoms with Gasteiger partial charge >= 0.3 is 5.63 Å². The maximum atomic E-state index is 13.2. The first kappa shape index (κ1) is 17.4. The largest absolute Gasteiger partial charge is 0.422 e. The molecular weight excluding hydrogens is 404 g/mol. The second kappa shape index (κ2) is 6.97. The van der Waals surface area contributed by atoms with Gasteiger partial charge in [-0.15, -0.1) is 0 Å². The van der Waals surface area contributed by atoms with Crippen molar-refractivity contribution in [2.45, 2.75) is 6.92 Å². The molecular formula is C23H15BrO3. The Bertz CT molecular complexity index is 1210. The van der Waals surface area contributed by atoms with Crippen LogP contribution in [-0.4, -0.2) is 5.78 Å². The molecule has 3 nitrogen and oxygen atoms in total. The third-order valence-corrected chi connectivity index (χ3v) is 4.96. The van der Waals surface area contributed by atoms with Crippen molar-refractivity contribution in [3.05, 3.63) is 104 Å². The number of hydrogen-bond donors (Lipinski definition) is 0. The first-order valence-electron chi connectivity index (χ1n) is 8.48. The summed E-state index contributed by atoms with van der Waals surface area (Å²) in [6, 6.07) is 22.0. The lowest BCUT2D eigenvalue weighted by Crippen LogP contribution is -2.17. The molecule has 0 bridgehead atoms. The number of ketones is 1. The number of rotatable bonds is 3. The molecule has 4 rings (SSSR count). The second-order valence-corrected chi connectivity index (χ2v) is 7.26. The van der Waals surface area contributed by atoms with E-state index in [1.54, 1.807) is 18.2 Å². The zero-order valence-corrected chi connectivity index (χ0v) is 16.1. The molecule has 0 aliphatic carbocycles. The van der Waals surface area contributed by atoms with Crippen molar-refractivity contribution < 1.29 is 9.21 Å². The van der Waals surface area contributed by atoms with Gasteiger partial charge < -0.3 is 4.42 Å². The Morgan fingerprint density at radius 3 is 2.33 bits per heavy atom. The highest BCUT2D eigenvalue weighted by Gasteiger charge is 2.23. The van der Waals surface area contributed by atoms with Crippen LogP contribution in [0.5, 0.6) is 0 Å². The average molecular weight is 419 g/mol. The molecule has 0 aliphatic heterocycles. The molecule has 0 atom stereocenters. The maximum Gasteiger partial charge on any atom is 0.348 e. The molecule has 0 saturated carbocycles. The van der Waals surface area contributed by atoms with Gasteiger partial charge in [-0.05, 0) is 30.7 Å². The molecule has 0 fully saturated rings. The van der Waals surface area contributed by atoms with Crippen LogP contribution in [0.25, 0.3) is 22.1 Å². The number of benzene rings is 3. The fraction of sp³-hybridized carbons (Fsp3) is 0.0435. The van der Waals surface area contributed by atoms with Gasteiger partial charge in [-0.3, -0.25) is 4.79 Å². The van der Waals surface area contributed by atoms with Crippen molar-refractivity contribution >= 4 is 32.7 Å². The summed E-state index contributed by atoms with van der Waals surface area (Å²) in [7, 11) is 0. The molecule has 132 valence electrons. The fourth-order valence-corrected chi connectivity index (χ4v) is 3.50.